The summed E-state index contributed by atoms with van der Waals surface area (Å²) in [5.41, 5.74) is 3.01. The molecule has 3 aromatic carbocycles. The van der Waals surface area contributed by atoms with Crippen molar-refractivity contribution in [3.63, 3.8) is 0 Å². The molecule has 3 aromatic rings. The molecule has 0 aliphatic heterocycles. The first kappa shape index (κ1) is 19.7. The van der Waals surface area contributed by atoms with Crippen LogP contribution in [-0.2, 0) is 4.79 Å². The summed E-state index contributed by atoms with van der Waals surface area (Å²) >= 11 is 3.52. The van der Waals surface area contributed by atoms with Gasteiger partial charge >= 0.3 is 0 Å². The highest BCUT2D eigenvalue weighted by molar-refractivity contribution is 9.10. The largest absolute Gasteiger partial charge is 0.281 e. The Hall–Kier alpha value is -2.65. The van der Waals surface area contributed by atoms with Crippen LogP contribution in [0.2, 0.25) is 0 Å². The minimum Gasteiger partial charge on any atom is -0.281 e. The molecule has 0 radical (unpaired) electrons. The zero-order valence-electron chi connectivity index (χ0n) is 16.4. The van der Waals surface area contributed by atoms with Crippen LogP contribution in [-0.4, -0.2) is 5.91 Å². The first-order valence-corrected chi connectivity index (χ1v) is 10.8. The quantitative estimate of drug-likeness (QED) is 0.396. The minimum absolute atomic E-state index is 0.0347. The van der Waals surface area contributed by atoms with Crippen molar-refractivity contribution in [2.24, 2.45) is 17.8 Å². The summed E-state index contributed by atoms with van der Waals surface area (Å²) in [5, 5.41) is 0. The highest BCUT2D eigenvalue weighted by atomic mass is 79.9. The van der Waals surface area contributed by atoms with E-state index >= 15 is 0 Å². The van der Waals surface area contributed by atoms with Gasteiger partial charge in [-0.2, -0.15) is 0 Å². The molecule has 0 N–H and O–H groups in total. The predicted molar refractivity (Wildman–Crippen MR) is 124 cm³/mol. The third kappa shape index (κ3) is 4.68. The summed E-state index contributed by atoms with van der Waals surface area (Å²) in [5.74, 6) is 0.973. The van der Waals surface area contributed by atoms with Crippen LogP contribution in [0.15, 0.2) is 95.5 Å². The zero-order chi connectivity index (χ0) is 20.2. The number of hydrogen-bond acceptors (Lipinski definition) is 1. The van der Waals surface area contributed by atoms with E-state index in [1.165, 1.54) is 5.56 Å². The lowest BCUT2D eigenvalue weighted by Gasteiger charge is -2.26. The summed E-state index contributed by atoms with van der Waals surface area (Å²) in [6.45, 7) is 2.07. The number of carbonyl (C=O) groups is 1. The topological polar surface area (TPSA) is 20.3 Å². The average Bonchev–Trinajstić information content (AvgIpc) is 3.53. The molecule has 1 saturated carbocycles. The molecule has 0 spiro atoms. The van der Waals surface area contributed by atoms with Crippen molar-refractivity contribution in [3.05, 3.63) is 101 Å². The Morgan fingerprint density at radius 3 is 2.17 bits per heavy atom. The summed E-state index contributed by atoms with van der Waals surface area (Å²) in [7, 11) is 0. The van der Waals surface area contributed by atoms with Gasteiger partial charge < -0.3 is 0 Å². The Morgan fingerprint density at radius 1 is 0.966 bits per heavy atom. The standard InChI is InChI=1S/C26H24BrNO/c1-19(25-18-21(25)16-15-20-9-8-10-22(27)17-20)26(29)28(23-11-4-2-5-12-23)24-13-6-3-7-14-24/h2-17,19,21,25H,18H2,1H3/b16-15+/t19-,21+,25-/m0/s1. The second kappa shape index (κ2) is 8.79. The molecule has 3 atom stereocenters. The van der Waals surface area contributed by atoms with Gasteiger partial charge in [0.1, 0.15) is 0 Å². The normalized spacial score (nSPS) is 19.1. The number of allylic oxidation sites excluding steroid dienone is 1. The van der Waals surface area contributed by atoms with Crippen LogP contribution in [0, 0.1) is 17.8 Å². The lowest BCUT2D eigenvalue weighted by atomic mass is 10.0. The number of carbonyl (C=O) groups excluding carboxylic acids is 1. The third-order valence-corrected chi connectivity index (χ3v) is 6.05. The number of rotatable bonds is 6. The van der Waals surface area contributed by atoms with E-state index < -0.39 is 0 Å². The van der Waals surface area contributed by atoms with Gasteiger partial charge in [-0.1, -0.05) is 83.5 Å². The van der Waals surface area contributed by atoms with Crippen molar-refractivity contribution in [1.29, 1.82) is 0 Å². The van der Waals surface area contributed by atoms with Crippen molar-refractivity contribution in [2.75, 3.05) is 4.90 Å². The Kier molecular flexibility index (Phi) is 5.96. The van der Waals surface area contributed by atoms with Gasteiger partial charge in [-0.15, -0.1) is 0 Å². The monoisotopic (exact) mass is 445 g/mol. The molecule has 29 heavy (non-hydrogen) atoms. The molecular formula is C26H24BrNO. The summed E-state index contributed by atoms with van der Waals surface area (Å²) in [6, 6.07) is 28.1. The summed E-state index contributed by atoms with van der Waals surface area (Å²) < 4.78 is 1.08. The molecular weight excluding hydrogens is 422 g/mol. The number of benzene rings is 3. The fourth-order valence-corrected chi connectivity index (χ4v) is 4.24. The number of para-hydroxylation sites is 2. The van der Waals surface area contributed by atoms with Gasteiger partial charge in [-0.3, -0.25) is 9.69 Å². The molecule has 0 heterocycles. The molecule has 0 bridgehead atoms. The summed E-state index contributed by atoms with van der Waals surface area (Å²) in [4.78, 5) is 15.3. The number of hydrogen-bond donors (Lipinski definition) is 0. The van der Waals surface area contributed by atoms with Crippen LogP contribution in [0.1, 0.15) is 18.9 Å². The van der Waals surface area contributed by atoms with E-state index in [2.05, 4.69) is 47.1 Å². The van der Waals surface area contributed by atoms with Crippen LogP contribution in [0.4, 0.5) is 11.4 Å². The first-order chi connectivity index (χ1) is 14.1. The lowest BCUT2D eigenvalue weighted by molar-refractivity contribution is -0.121. The van der Waals surface area contributed by atoms with Gasteiger partial charge in [0.25, 0.3) is 0 Å². The van der Waals surface area contributed by atoms with Crippen molar-refractivity contribution in [1.82, 2.24) is 0 Å². The van der Waals surface area contributed by atoms with Crippen LogP contribution in [0.25, 0.3) is 6.08 Å². The van der Waals surface area contributed by atoms with E-state index in [1.807, 2.05) is 77.7 Å². The maximum atomic E-state index is 13.5. The SMILES string of the molecule is C[C@H](C(=O)N(c1ccccc1)c1ccccc1)[C@@H]1C[C@H]1/C=C/c1cccc(Br)c1. The fourth-order valence-electron chi connectivity index (χ4n) is 3.82. The van der Waals surface area contributed by atoms with Gasteiger partial charge in [0.15, 0.2) is 0 Å². The van der Waals surface area contributed by atoms with E-state index in [-0.39, 0.29) is 11.8 Å². The third-order valence-electron chi connectivity index (χ3n) is 5.56. The molecule has 1 aliphatic carbocycles. The fraction of sp³-hybridized carbons (Fsp3) is 0.192. The Balaban J connectivity index is 1.50. The second-order valence-electron chi connectivity index (χ2n) is 7.61. The minimum atomic E-state index is -0.0347. The number of anilines is 2. The smallest absolute Gasteiger partial charge is 0.234 e. The van der Waals surface area contributed by atoms with Crippen LogP contribution < -0.4 is 4.90 Å². The zero-order valence-corrected chi connectivity index (χ0v) is 18.0. The molecule has 0 aromatic heterocycles. The van der Waals surface area contributed by atoms with E-state index in [0.29, 0.717) is 11.8 Å². The van der Waals surface area contributed by atoms with E-state index in [4.69, 9.17) is 0 Å². The molecule has 2 nitrogen and oxygen atoms in total. The van der Waals surface area contributed by atoms with Gasteiger partial charge in [0.05, 0.1) is 0 Å². The number of amides is 1. The molecule has 0 unspecified atom stereocenters. The van der Waals surface area contributed by atoms with Crippen molar-refractivity contribution < 1.29 is 4.79 Å². The Morgan fingerprint density at radius 2 is 1.59 bits per heavy atom. The highest BCUT2D eigenvalue weighted by Gasteiger charge is 2.43. The van der Waals surface area contributed by atoms with Crippen LogP contribution in [0.3, 0.4) is 0 Å². The van der Waals surface area contributed by atoms with Crippen molar-refractivity contribution >= 4 is 39.3 Å². The van der Waals surface area contributed by atoms with Gasteiger partial charge in [-0.05, 0) is 60.2 Å². The van der Waals surface area contributed by atoms with E-state index in [1.54, 1.807) is 0 Å². The van der Waals surface area contributed by atoms with Gasteiger partial charge in [-0.25, -0.2) is 0 Å². The van der Waals surface area contributed by atoms with E-state index in [9.17, 15) is 4.79 Å². The first-order valence-electron chi connectivity index (χ1n) is 10.0. The van der Waals surface area contributed by atoms with Gasteiger partial charge in [0, 0.05) is 21.8 Å². The predicted octanol–water partition coefficient (Wildman–Crippen LogP) is 7.10. The maximum absolute atomic E-state index is 13.5. The number of nitrogens with zero attached hydrogens (tertiary/aromatic N) is 1. The van der Waals surface area contributed by atoms with Crippen LogP contribution >= 0.6 is 15.9 Å². The number of halogens is 1. The molecule has 0 saturated heterocycles. The summed E-state index contributed by atoms with van der Waals surface area (Å²) in [6.07, 6.45) is 5.49. The molecule has 1 fully saturated rings. The highest BCUT2D eigenvalue weighted by Crippen LogP contribution is 2.47. The molecule has 1 amide bonds. The molecule has 1 aliphatic rings. The van der Waals surface area contributed by atoms with Crippen LogP contribution in [0.5, 0.6) is 0 Å². The molecule has 4 rings (SSSR count). The maximum Gasteiger partial charge on any atom is 0.234 e. The van der Waals surface area contributed by atoms with Crippen molar-refractivity contribution in [2.45, 2.75) is 13.3 Å². The second-order valence-corrected chi connectivity index (χ2v) is 8.53. The van der Waals surface area contributed by atoms with Gasteiger partial charge in [0.2, 0.25) is 5.91 Å². The Labute approximate surface area is 181 Å². The molecule has 3 heteroatoms. The molecule has 146 valence electrons. The Bertz CT molecular complexity index is 960. The van der Waals surface area contributed by atoms with E-state index in [0.717, 1.165) is 22.3 Å². The average molecular weight is 446 g/mol. The lowest BCUT2D eigenvalue weighted by Crippen LogP contribution is -2.32. The van der Waals surface area contributed by atoms with Crippen molar-refractivity contribution in [3.8, 4) is 0 Å².